The maximum absolute atomic E-state index is 11.4. The van der Waals surface area contributed by atoms with E-state index in [1.807, 2.05) is 60.7 Å². The number of carbonyl (C=O) groups is 2. The number of amides is 1. The van der Waals surface area contributed by atoms with Crippen molar-refractivity contribution in [1.82, 2.24) is 5.06 Å². The van der Waals surface area contributed by atoms with Crippen LogP contribution in [0.5, 0.6) is 0 Å². The highest BCUT2D eigenvalue weighted by Gasteiger charge is 2.21. The van der Waals surface area contributed by atoms with E-state index in [0.29, 0.717) is 12.8 Å². The standard InChI is InChI=1S/C18H19NO4/c20-14-19(23-13-16-9-5-2-6-10-16)12-17(18(21)22)11-15-7-3-1-4-8-15/h1-10,14,17H,11-13H2,(H,21,22). The first-order chi connectivity index (χ1) is 11.2. The molecule has 23 heavy (non-hydrogen) atoms. The van der Waals surface area contributed by atoms with E-state index in [1.54, 1.807) is 0 Å². The van der Waals surface area contributed by atoms with Crippen LogP contribution in [-0.2, 0) is 27.5 Å². The molecule has 120 valence electrons. The number of aliphatic carboxylic acids is 1. The molecule has 0 aliphatic heterocycles. The molecule has 0 aliphatic carbocycles. The zero-order valence-electron chi connectivity index (χ0n) is 12.7. The molecule has 5 nitrogen and oxygen atoms in total. The highest BCUT2D eigenvalue weighted by molar-refractivity contribution is 5.71. The molecule has 0 aliphatic rings. The monoisotopic (exact) mass is 313 g/mol. The van der Waals surface area contributed by atoms with E-state index in [4.69, 9.17) is 4.84 Å². The van der Waals surface area contributed by atoms with Crippen LogP contribution in [0.2, 0.25) is 0 Å². The first-order valence-corrected chi connectivity index (χ1v) is 7.34. The summed E-state index contributed by atoms with van der Waals surface area (Å²) in [5, 5.41) is 10.4. The zero-order valence-corrected chi connectivity index (χ0v) is 12.7. The molecule has 0 aromatic heterocycles. The summed E-state index contributed by atoms with van der Waals surface area (Å²) in [4.78, 5) is 28.0. The van der Waals surface area contributed by atoms with Gasteiger partial charge in [-0.25, -0.2) is 5.06 Å². The van der Waals surface area contributed by atoms with Crippen LogP contribution in [0.25, 0.3) is 0 Å². The van der Waals surface area contributed by atoms with Gasteiger partial charge >= 0.3 is 5.97 Å². The number of carbonyl (C=O) groups excluding carboxylic acids is 1. The lowest BCUT2D eigenvalue weighted by Gasteiger charge is -2.21. The molecule has 1 unspecified atom stereocenters. The number of nitrogens with zero attached hydrogens (tertiary/aromatic N) is 1. The lowest BCUT2D eigenvalue weighted by Crippen LogP contribution is -2.33. The SMILES string of the molecule is O=CN(CC(Cc1ccccc1)C(=O)O)OCc1ccccc1. The summed E-state index contributed by atoms with van der Waals surface area (Å²) >= 11 is 0. The van der Waals surface area contributed by atoms with Gasteiger partial charge in [-0.2, -0.15) is 0 Å². The summed E-state index contributed by atoms with van der Waals surface area (Å²) in [7, 11) is 0. The molecule has 0 radical (unpaired) electrons. The summed E-state index contributed by atoms with van der Waals surface area (Å²) in [6.07, 6.45) is 0.860. The maximum atomic E-state index is 11.4. The minimum absolute atomic E-state index is 0.000557. The Labute approximate surface area is 135 Å². The molecule has 1 atom stereocenters. The second kappa shape index (κ2) is 8.70. The van der Waals surface area contributed by atoms with Crippen LogP contribution in [0.1, 0.15) is 11.1 Å². The second-order valence-electron chi connectivity index (χ2n) is 5.19. The van der Waals surface area contributed by atoms with E-state index in [2.05, 4.69) is 0 Å². The molecule has 0 saturated carbocycles. The maximum Gasteiger partial charge on any atom is 0.308 e. The van der Waals surface area contributed by atoms with Crippen molar-refractivity contribution >= 4 is 12.4 Å². The molecule has 1 N–H and O–H groups in total. The summed E-state index contributed by atoms with van der Waals surface area (Å²) < 4.78 is 0. The quantitative estimate of drug-likeness (QED) is 0.570. The number of rotatable bonds is 9. The smallest absolute Gasteiger partial charge is 0.308 e. The third kappa shape index (κ3) is 5.56. The van der Waals surface area contributed by atoms with Gasteiger partial charge in [-0.15, -0.1) is 0 Å². The van der Waals surface area contributed by atoms with Gasteiger partial charge in [0.05, 0.1) is 12.5 Å². The Hall–Kier alpha value is -2.66. The van der Waals surface area contributed by atoms with Gasteiger partial charge in [0.2, 0.25) is 6.41 Å². The molecule has 0 bridgehead atoms. The van der Waals surface area contributed by atoms with Crippen molar-refractivity contribution in [3.63, 3.8) is 0 Å². The Kier molecular flexibility index (Phi) is 6.32. The fraction of sp³-hybridized carbons (Fsp3) is 0.222. The minimum atomic E-state index is -0.955. The molecule has 0 saturated heterocycles. The Bertz CT molecular complexity index is 615. The van der Waals surface area contributed by atoms with Crippen LogP contribution in [0.3, 0.4) is 0 Å². The fourth-order valence-electron chi connectivity index (χ4n) is 2.20. The summed E-state index contributed by atoms with van der Waals surface area (Å²) in [6.45, 7) is 0.220. The van der Waals surface area contributed by atoms with E-state index >= 15 is 0 Å². The van der Waals surface area contributed by atoms with Crippen LogP contribution in [-0.4, -0.2) is 29.1 Å². The largest absolute Gasteiger partial charge is 0.481 e. The van der Waals surface area contributed by atoms with Crippen LogP contribution < -0.4 is 0 Å². The van der Waals surface area contributed by atoms with E-state index in [9.17, 15) is 14.7 Å². The molecule has 5 heteroatoms. The van der Waals surface area contributed by atoms with Gasteiger partial charge in [0, 0.05) is 0 Å². The van der Waals surface area contributed by atoms with E-state index in [1.165, 1.54) is 0 Å². The molecule has 2 aromatic rings. The number of hydrogen-bond acceptors (Lipinski definition) is 3. The summed E-state index contributed by atoms with van der Waals surface area (Å²) in [5.74, 6) is -1.68. The molecule has 2 aromatic carbocycles. The lowest BCUT2D eigenvalue weighted by atomic mass is 9.99. The fourth-order valence-corrected chi connectivity index (χ4v) is 2.20. The number of carboxylic acids is 1. The van der Waals surface area contributed by atoms with Crippen LogP contribution >= 0.6 is 0 Å². The van der Waals surface area contributed by atoms with Crippen LogP contribution in [0.4, 0.5) is 0 Å². The Morgan fingerprint density at radius 2 is 1.61 bits per heavy atom. The van der Waals surface area contributed by atoms with Gasteiger partial charge in [0.15, 0.2) is 0 Å². The summed E-state index contributed by atoms with van der Waals surface area (Å²) in [6, 6.07) is 18.7. The van der Waals surface area contributed by atoms with E-state index in [-0.39, 0.29) is 13.2 Å². The molecular formula is C18H19NO4. The van der Waals surface area contributed by atoms with Gasteiger partial charge < -0.3 is 5.11 Å². The van der Waals surface area contributed by atoms with Crippen molar-refractivity contribution in [2.45, 2.75) is 13.0 Å². The number of benzene rings is 2. The molecule has 0 fully saturated rings. The first-order valence-electron chi connectivity index (χ1n) is 7.34. The van der Waals surface area contributed by atoms with E-state index in [0.717, 1.165) is 16.2 Å². The second-order valence-corrected chi connectivity index (χ2v) is 5.19. The van der Waals surface area contributed by atoms with Crippen LogP contribution in [0.15, 0.2) is 60.7 Å². The lowest BCUT2D eigenvalue weighted by molar-refractivity contribution is -0.183. The van der Waals surface area contributed by atoms with Crippen molar-refractivity contribution < 1.29 is 19.5 Å². The van der Waals surface area contributed by atoms with Crippen molar-refractivity contribution in [1.29, 1.82) is 0 Å². The van der Waals surface area contributed by atoms with Gasteiger partial charge in [-0.1, -0.05) is 60.7 Å². The molecular weight excluding hydrogens is 294 g/mol. The third-order valence-electron chi connectivity index (χ3n) is 3.43. The zero-order chi connectivity index (χ0) is 16.5. The number of hydrogen-bond donors (Lipinski definition) is 1. The first kappa shape index (κ1) is 16.7. The highest BCUT2D eigenvalue weighted by atomic mass is 16.7. The van der Waals surface area contributed by atoms with Crippen LogP contribution in [0, 0.1) is 5.92 Å². The predicted molar refractivity (Wildman–Crippen MR) is 85.3 cm³/mol. The number of hydroxylamine groups is 2. The normalized spacial score (nSPS) is 11.7. The predicted octanol–water partition coefficient (Wildman–Crippen LogP) is 2.52. The van der Waals surface area contributed by atoms with Gasteiger partial charge in [-0.05, 0) is 17.5 Å². The molecule has 0 heterocycles. The van der Waals surface area contributed by atoms with Crippen molar-refractivity contribution in [3.05, 3.63) is 71.8 Å². The molecule has 1 amide bonds. The minimum Gasteiger partial charge on any atom is -0.481 e. The van der Waals surface area contributed by atoms with Gasteiger partial charge in [0.1, 0.15) is 6.61 Å². The Morgan fingerprint density at radius 1 is 1.04 bits per heavy atom. The van der Waals surface area contributed by atoms with Crippen molar-refractivity contribution in [2.24, 2.45) is 5.92 Å². The number of carboxylic acid groups (broad SMARTS) is 1. The topological polar surface area (TPSA) is 66.8 Å². The van der Waals surface area contributed by atoms with Gasteiger partial charge in [0.25, 0.3) is 0 Å². The van der Waals surface area contributed by atoms with E-state index < -0.39 is 11.9 Å². The van der Waals surface area contributed by atoms with Crippen molar-refractivity contribution in [3.8, 4) is 0 Å². The van der Waals surface area contributed by atoms with Crippen molar-refractivity contribution in [2.75, 3.05) is 6.54 Å². The summed E-state index contributed by atoms with van der Waals surface area (Å²) in [5.41, 5.74) is 1.82. The molecule has 2 rings (SSSR count). The van der Waals surface area contributed by atoms with Gasteiger partial charge in [-0.3, -0.25) is 14.4 Å². The third-order valence-corrected chi connectivity index (χ3v) is 3.43. The average Bonchev–Trinajstić information content (AvgIpc) is 2.59. The molecule has 0 spiro atoms. The Morgan fingerprint density at radius 3 is 2.13 bits per heavy atom. The highest BCUT2D eigenvalue weighted by Crippen LogP contribution is 2.12. The Balaban J connectivity index is 1.93. The average molecular weight is 313 g/mol.